The van der Waals surface area contributed by atoms with E-state index >= 15 is 0 Å². The number of carbonyl (C=O) groups is 1. The Balaban J connectivity index is 1.78. The van der Waals surface area contributed by atoms with Gasteiger partial charge >= 0.3 is 12.2 Å². The van der Waals surface area contributed by atoms with Crippen molar-refractivity contribution in [2.45, 2.75) is 19.0 Å². The Labute approximate surface area is 177 Å². The molecule has 1 heterocycles. The van der Waals surface area contributed by atoms with E-state index in [1.807, 2.05) is 6.07 Å². The quantitative estimate of drug-likeness (QED) is 0.664. The molecular weight excluding hydrogens is 409 g/mol. The summed E-state index contributed by atoms with van der Waals surface area (Å²) < 4.78 is 43.7. The lowest BCUT2D eigenvalue weighted by molar-refractivity contribution is -0.137. The largest absolute Gasteiger partial charge is 0.416 e. The normalized spacial score (nSPS) is 16.0. The van der Waals surface area contributed by atoms with E-state index < -0.39 is 17.8 Å². The number of methoxy groups -OCH3 is 1. The van der Waals surface area contributed by atoms with Crippen molar-refractivity contribution >= 4 is 17.4 Å². The molecule has 1 aliphatic heterocycles. The summed E-state index contributed by atoms with van der Waals surface area (Å²) in [7, 11) is 1.59. The van der Waals surface area contributed by atoms with Crippen LogP contribution in [0.4, 0.5) is 23.7 Å². The summed E-state index contributed by atoms with van der Waals surface area (Å²) in [4.78, 5) is 12.7. The second-order valence-electron chi connectivity index (χ2n) is 7.09. The highest BCUT2D eigenvalue weighted by atomic mass is 19.4. The molecule has 2 aromatic rings. The molecule has 1 aliphatic rings. The molecule has 0 bridgehead atoms. The highest BCUT2D eigenvalue weighted by Gasteiger charge is 2.33. The van der Waals surface area contributed by atoms with E-state index in [0.717, 1.165) is 18.6 Å². The number of urea groups is 1. The third-order valence-corrected chi connectivity index (χ3v) is 4.92. The van der Waals surface area contributed by atoms with Gasteiger partial charge in [-0.1, -0.05) is 12.1 Å². The fourth-order valence-electron chi connectivity index (χ4n) is 3.32. The number of hydrogen-bond acceptors (Lipinski definition) is 4. The summed E-state index contributed by atoms with van der Waals surface area (Å²) in [5, 5.41) is 17.3. The Morgan fingerprint density at radius 1 is 1.23 bits per heavy atom. The van der Waals surface area contributed by atoms with Gasteiger partial charge in [0.25, 0.3) is 0 Å². The van der Waals surface area contributed by atoms with Gasteiger partial charge in [-0.15, -0.1) is 0 Å². The van der Waals surface area contributed by atoms with Crippen molar-refractivity contribution in [2.24, 2.45) is 11.0 Å². The lowest BCUT2D eigenvalue weighted by atomic mass is 9.93. The first-order valence-corrected chi connectivity index (χ1v) is 9.65. The van der Waals surface area contributed by atoms with E-state index in [2.05, 4.69) is 10.4 Å². The lowest BCUT2D eigenvalue weighted by Gasteiger charge is -2.15. The first kappa shape index (κ1) is 22.3. The number of nitriles is 1. The number of halogens is 3. The van der Waals surface area contributed by atoms with Gasteiger partial charge in [0.15, 0.2) is 0 Å². The molecule has 0 radical (unpaired) electrons. The maximum atomic E-state index is 12.9. The standard InChI is InChI=1S/C22H21F3N4O2/c1-31-12-2-3-17-14-29(21(30)27-19-10-4-15(13-26)5-11-19)28-20(17)16-6-8-18(9-7-16)22(23,24)25/h4-11,17H,2-3,12,14H2,1H3,(H,27,30). The second-order valence-corrected chi connectivity index (χ2v) is 7.09. The SMILES string of the molecule is COCCCC1CN(C(=O)Nc2ccc(C#N)cc2)N=C1c1ccc(C(F)(F)F)cc1. The maximum Gasteiger partial charge on any atom is 0.416 e. The molecule has 31 heavy (non-hydrogen) atoms. The van der Waals surface area contributed by atoms with Gasteiger partial charge in [0.05, 0.1) is 29.5 Å². The number of amides is 2. The molecule has 0 aliphatic carbocycles. The van der Waals surface area contributed by atoms with Gasteiger partial charge in [-0.3, -0.25) is 0 Å². The molecule has 0 saturated carbocycles. The molecule has 6 nitrogen and oxygen atoms in total. The number of anilines is 1. The van der Waals surface area contributed by atoms with Crippen LogP contribution in [0.2, 0.25) is 0 Å². The number of benzene rings is 2. The Kier molecular flexibility index (Phi) is 6.92. The van der Waals surface area contributed by atoms with Gasteiger partial charge in [0.1, 0.15) is 0 Å². The summed E-state index contributed by atoms with van der Waals surface area (Å²) in [6.07, 6.45) is -3.01. The molecule has 0 saturated heterocycles. The van der Waals surface area contributed by atoms with Crippen molar-refractivity contribution in [3.63, 3.8) is 0 Å². The Bertz CT molecular complexity index is 980. The zero-order valence-electron chi connectivity index (χ0n) is 16.8. The van der Waals surface area contributed by atoms with Crippen molar-refractivity contribution in [2.75, 3.05) is 25.6 Å². The van der Waals surface area contributed by atoms with Crippen LogP contribution in [0.15, 0.2) is 53.6 Å². The van der Waals surface area contributed by atoms with E-state index in [1.54, 1.807) is 31.4 Å². The zero-order chi connectivity index (χ0) is 22.4. The number of rotatable bonds is 6. The summed E-state index contributed by atoms with van der Waals surface area (Å²) in [5.41, 5.74) is 1.36. The summed E-state index contributed by atoms with van der Waals surface area (Å²) in [6, 6.07) is 12.8. The van der Waals surface area contributed by atoms with Crippen molar-refractivity contribution < 1.29 is 22.7 Å². The molecule has 2 amide bonds. The van der Waals surface area contributed by atoms with Crippen LogP contribution < -0.4 is 5.32 Å². The summed E-state index contributed by atoms with van der Waals surface area (Å²) in [6.45, 7) is 0.844. The molecule has 2 aromatic carbocycles. The van der Waals surface area contributed by atoms with Gasteiger partial charge in [0.2, 0.25) is 0 Å². The third kappa shape index (κ3) is 5.61. The number of carbonyl (C=O) groups excluding carboxylic acids is 1. The topological polar surface area (TPSA) is 77.7 Å². The third-order valence-electron chi connectivity index (χ3n) is 4.92. The smallest absolute Gasteiger partial charge is 0.385 e. The Hall–Kier alpha value is -3.38. The van der Waals surface area contributed by atoms with E-state index in [4.69, 9.17) is 10.00 Å². The molecule has 0 spiro atoms. The second kappa shape index (κ2) is 9.62. The highest BCUT2D eigenvalue weighted by molar-refractivity contribution is 6.05. The van der Waals surface area contributed by atoms with Crippen LogP contribution in [-0.2, 0) is 10.9 Å². The van der Waals surface area contributed by atoms with Crippen molar-refractivity contribution in [1.82, 2.24) is 5.01 Å². The van der Waals surface area contributed by atoms with Crippen LogP contribution in [0.25, 0.3) is 0 Å². The minimum absolute atomic E-state index is 0.126. The predicted molar refractivity (Wildman–Crippen MR) is 109 cm³/mol. The highest BCUT2D eigenvalue weighted by Crippen LogP contribution is 2.31. The molecular formula is C22H21F3N4O2. The number of ether oxygens (including phenoxy) is 1. The molecule has 0 fully saturated rings. The fraction of sp³-hybridized carbons (Fsp3) is 0.318. The van der Waals surface area contributed by atoms with Crippen molar-refractivity contribution in [3.8, 4) is 6.07 Å². The number of nitrogens with zero attached hydrogens (tertiary/aromatic N) is 3. The average molecular weight is 430 g/mol. The molecule has 1 atom stereocenters. The van der Waals surface area contributed by atoms with Crippen molar-refractivity contribution in [1.29, 1.82) is 5.26 Å². The maximum absolute atomic E-state index is 12.9. The minimum atomic E-state index is -4.42. The van der Waals surface area contributed by atoms with E-state index in [-0.39, 0.29) is 5.92 Å². The molecule has 162 valence electrons. The van der Waals surface area contributed by atoms with E-state index in [1.165, 1.54) is 17.1 Å². The molecule has 0 aromatic heterocycles. The zero-order valence-corrected chi connectivity index (χ0v) is 16.8. The Morgan fingerprint density at radius 2 is 1.90 bits per heavy atom. The first-order valence-electron chi connectivity index (χ1n) is 9.65. The van der Waals surface area contributed by atoms with Gasteiger partial charge in [-0.05, 0) is 54.8 Å². The van der Waals surface area contributed by atoms with Crippen LogP contribution in [0.3, 0.4) is 0 Å². The van der Waals surface area contributed by atoms with Crippen LogP contribution in [0, 0.1) is 17.2 Å². The molecule has 1 unspecified atom stereocenters. The number of hydrazone groups is 1. The van der Waals surface area contributed by atoms with E-state index in [0.29, 0.717) is 42.1 Å². The molecule has 1 N–H and O–H groups in total. The van der Waals surface area contributed by atoms with Gasteiger partial charge < -0.3 is 10.1 Å². The number of alkyl halides is 3. The average Bonchev–Trinajstić information content (AvgIpc) is 3.18. The number of hydrogen-bond donors (Lipinski definition) is 1. The van der Waals surface area contributed by atoms with Crippen LogP contribution >= 0.6 is 0 Å². The van der Waals surface area contributed by atoms with Crippen LogP contribution in [-0.4, -0.2) is 37.0 Å². The van der Waals surface area contributed by atoms with Gasteiger partial charge in [-0.2, -0.15) is 23.5 Å². The predicted octanol–water partition coefficient (Wildman–Crippen LogP) is 4.87. The summed E-state index contributed by atoms with van der Waals surface area (Å²) in [5.74, 6) is -0.126. The van der Waals surface area contributed by atoms with Gasteiger partial charge in [0, 0.05) is 25.3 Å². The number of nitrogens with one attached hydrogen (secondary N) is 1. The van der Waals surface area contributed by atoms with E-state index in [9.17, 15) is 18.0 Å². The monoisotopic (exact) mass is 430 g/mol. The minimum Gasteiger partial charge on any atom is -0.385 e. The lowest BCUT2D eigenvalue weighted by Crippen LogP contribution is -2.30. The molecule has 3 rings (SSSR count). The van der Waals surface area contributed by atoms with Crippen LogP contribution in [0.5, 0.6) is 0 Å². The van der Waals surface area contributed by atoms with Crippen molar-refractivity contribution in [3.05, 3.63) is 65.2 Å². The van der Waals surface area contributed by atoms with Gasteiger partial charge in [-0.25, -0.2) is 9.80 Å². The fourth-order valence-corrected chi connectivity index (χ4v) is 3.32. The summed E-state index contributed by atoms with van der Waals surface area (Å²) >= 11 is 0. The first-order chi connectivity index (χ1) is 14.8. The Morgan fingerprint density at radius 3 is 2.48 bits per heavy atom. The van der Waals surface area contributed by atoms with Crippen LogP contribution in [0.1, 0.15) is 29.5 Å². The molecule has 9 heteroatoms.